The van der Waals surface area contributed by atoms with Gasteiger partial charge in [0, 0.05) is 36.3 Å². The van der Waals surface area contributed by atoms with Gasteiger partial charge in [-0.3, -0.25) is 0 Å². The van der Waals surface area contributed by atoms with Crippen molar-refractivity contribution in [1.29, 1.82) is 0 Å². The van der Waals surface area contributed by atoms with E-state index in [4.69, 9.17) is 9.72 Å². The van der Waals surface area contributed by atoms with E-state index in [0.29, 0.717) is 28.9 Å². The lowest BCUT2D eigenvalue weighted by molar-refractivity contribution is -0.219. The maximum absolute atomic E-state index is 13.6. The van der Waals surface area contributed by atoms with E-state index < -0.39 is 29.7 Å². The van der Waals surface area contributed by atoms with Crippen LogP contribution in [0.1, 0.15) is 58.9 Å². The van der Waals surface area contributed by atoms with Crippen LogP contribution < -0.4 is 14.8 Å². The summed E-state index contributed by atoms with van der Waals surface area (Å²) in [6.07, 6.45) is 3.41. The summed E-state index contributed by atoms with van der Waals surface area (Å²) in [5, 5.41) is 17.9. The number of aliphatic hydroxyl groups is 1. The molecule has 4 rings (SSSR count). The number of aromatic nitrogens is 5. The fourth-order valence-electron chi connectivity index (χ4n) is 4.45. The highest BCUT2D eigenvalue weighted by atomic mass is 32.2. The standard InChI is InChI=1S/C33H41F4N7O2S/c1-31(2,33(35,36)37)22-46-27-17-19-44(42-27)30-29(41-26(20-39-30)43-47-28-16-11-15-25(34)40-28)24-14-9-8-13-23(24)12-7-5-6-10-18-38-21-32(3,4)45/h8-9,11,13-17,19-20,38,45H,5-7,10,12,18,21-22H2,1-4H3,(H,41,43). The predicted molar refractivity (Wildman–Crippen MR) is 175 cm³/mol. The number of alkyl halides is 3. The number of benzene rings is 1. The Hall–Kier alpha value is -3.75. The molecule has 3 heterocycles. The SMILES string of the molecule is CC(C)(O)CNCCCCCCc1ccccc1-c1nc(NSc2cccc(F)n2)cnc1-n1ccc(OCC(C)(C)C(F)(F)F)n1. The van der Waals surface area contributed by atoms with E-state index in [1.165, 1.54) is 23.0 Å². The Kier molecular flexibility index (Phi) is 12.2. The summed E-state index contributed by atoms with van der Waals surface area (Å²) in [7, 11) is 0. The van der Waals surface area contributed by atoms with Crippen molar-refractivity contribution in [3.05, 3.63) is 72.4 Å². The second kappa shape index (κ2) is 15.9. The van der Waals surface area contributed by atoms with Gasteiger partial charge in [0.2, 0.25) is 11.8 Å². The Bertz CT molecular complexity index is 1590. The molecule has 0 aliphatic carbocycles. The van der Waals surface area contributed by atoms with Crippen molar-refractivity contribution in [2.24, 2.45) is 5.41 Å². The van der Waals surface area contributed by atoms with Crippen LogP contribution in [0.15, 0.2) is 66.0 Å². The molecule has 0 bridgehead atoms. The third-order valence-corrected chi connectivity index (χ3v) is 7.96. The molecule has 0 radical (unpaired) electrons. The Morgan fingerprint density at radius 2 is 1.70 bits per heavy atom. The minimum Gasteiger partial charge on any atom is -0.476 e. The molecule has 0 fully saturated rings. The molecule has 254 valence electrons. The van der Waals surface area contributed by atoms with Crippen LogP contribution in [-0.4, -0.2) is 61.3 Å². The number of nitrogens with zero attached hydrogens (tertiary/aromatic N) is 5. The first kappa shape index (κ1) is 36.1. The van der Waals surface area contributed by atoms with Gasteiger partial charge in [0.15, 0.2) is 11.6 Å². The van der Waals surface area contributed by atoms with Crippen molar-refractivity contribution in [1.82, 2.24) is 30.0 Å². The Labute approximate surface area is 276 Å². The molecule has 14 heteroatoms. The zero-order valence-electron chi connectivity index (χ0n) is 26.9. The number of pyridine rings is 1. The number of aryl methyl sites for hydroxylation is 1. The lowest BCUT2D eigenvalue weighted by Gasteiger charge is -2.26. The van der Waals surface area contributed by atoms with Gasteiger partial charge in [-0.25, -0.2) is 19.6 Å². The van der Waals surface area contributed by atoms with Crippen molar-refractivity contribution >= 4 is 17.8 Å². The molecule has 0 saturated carbocycles. The van der Waals surface area contributed by atoms with Crippen LogP contribution in [0.5, 0.6) is 5.88 Å². The van der Waals surface area contributed by atoms with Gasteiger partial charge in [0.25, 0.3) is 0 Å². The normalized spacial score (nSPS) is 12.4. The lowest BCUT2D eigenvalue weighted by Crippen LogP contribution is -2.37. The fraction of sp³-hybridized carbons (Fsp3) is 0.455. The number of halogens is 4. The molecule has 0 atom stereocenters. The molecule has 3 aromatic heterocycles. The maximum atomic E-state index is 13.6. The molecule has 1 aromatic carbocycles. The molecule has 0 amide bonds. The summed E-state index contributed by atoms with van der Waals surface area (Å²) in [5.41, 5.74) is -0.414. The van der Waals surface area contributed by atoms with Crippen molar-refractivity contribution < 1.29 is 27.4 Å². The molecule has 0 aliphatic heterocycles. The second-order valence-electron chi connectivity index (χ2n) is 12.5. The quantitative estimate of drug-likeness (QED) is 0.0456. The van der Waals surface area contributed by atoms with E-state index in [1.54, 1.807) is 32.2 Å². The van der Waals surface area contributed by atoms with Crippen LogP contribution in [0.3, 0.4) is 0 Å². The molecule has 0 unspecified atom stereocenters. The van der Waals surface area contributed by atoms with E-state index in [-0.39, 0.29) is 5.88 Å². The van der Waals surface area contributed by atoms with Crippen LogP contribution in [0.25, 0.3) is 17.1 Å². The summed E-state index contributed by atoms with van der Waals surface area (Å²) >= 11 is 1.08. The van der Waals surface area contributed by atoms with Crippen molar-refractivity contribution in [2.45, 2.75) is 76.6 Å². The average molecular weight is 676 g/mol. The number of nitrogens with one attached hydrogen (secondary N) is 2. The average Bonchev–Trinajstić information content (AvgIpc) is 3.48. The third-order valence-electron chi connectivity index (χ3n) is 7.21. The van der Waals surface area contributed by atoms with E-state index in [1.807, 2.05) is 24.3 Å². The van der Waals surface area contributed by atoms with E-state index in [2.05, 4.69) is 25.1 Å². The van der Waals surface area contributed by atoms with E-state index in [9.17, 15) is 22.7 Å². The topological polar surface area (TPSA) is 110 Å². The largest absolute Gasteiger partial charge is 0.476 e. The molecule has 0 spiro atoms. The summed E-state index contributed by atoms with van der Waals surface area (Å²) < 4.78 is 63.7. The summed E-state index contributed by atoms with van der Waals surface area (Å²) in [6, 6.07) is 13.8. The number of anilines is 1. The van der Waals surface area contributed by atoms with Gasteiger partial charge >= 0.3 is 6.18 Å². The summed E-state index contributed by atoms with van der Waals surface area (Å²) in [5.74, 6) is 0.173. The number of ether oxygens (including phenoxy) is 1. The van der Waals surface area contributed by atoms with Crippen LogP contribution in [0.2, 0.25) is 0 Å². The van der Waals surface area contributed by atoms with Gasteiger partial charge in [-0.2, -0.15) is 17.6 Å². The first-order valence-corrected chi connectivity index (χ1v) is 16.2. The molecule has 4 aromatic rings. The Morgan fingerprint density at radius 1 is 0.936 bits per heavy atom. The summed E-state index contributed by atoms with van der Waals surface area (Å²) in [4.78, 5) is 13.3. The van der Waals surface area contributed by atoms with Crippen LogP contribution in [0, 0.1) is 11.4 Å². The zero-order valence-corrected chi connectivity index (χ0v) is 27.8. The number of unbranched alkanes of at least 4 members (excludes halogenated alkanes) is 3. The van der Waals surface area contributed by atoms with Gasteiger partial charge in [-0.15, -0.1) is 5.10 Å². The van der Waals surface area contributed by atoms with Gasteiger partial charge < -0.3 is 19.9 Å². The zero-order chi connectivity index (χ0) is 34.1. The van der Waals surface area contributed by atoms with Gasteiger partial charge in [0.1, 0.15) is 17.3 Å². The van der Waals surface area contributed by atoms with E-state index >= 15 is 0 Å². The van der Waals surface area contributed by atoms with Crippen molar-refractivity contribution in [2.75, 3.05) is 24.4 Å². The fourth-order valence-corrected chi connectivity index (χ4v) is 5.04. The van der Waals surface area contributed by atoms with E-state index in [0.717, 1.165) is 75.6 Å². The predicted octanol–water partition coefficient (Wildman–Crippen LogP) is 7.41. The van der Waals surface area contributed by atoms with Crippen molar-refractivity contribution in [3.63, 3.8) is 0 Å². The summed E-state index contributed by atoms with van der Waals surface area (Å²) in [6.45, 7) is 6.48. The van der Waals surface area contributed by atoms with Crippen LogP contribution in [-0.2, 0) is 6.42 Å². The Balaban J connectivity index is 1.54. The smallest absolute Gasteiger partial charge is 0.397 e. The first-order valence-electron chi connectivity index (χ1n) is 15.4. The number of hydrogen-bond acceptors (Lipinski definition) is 9. The van der Waals surface area contributed by atoms with Gasteiger partial charge in [0.05, 0.1) is 17.2 Å². The monoisotopic (exact) mass is 675 g/mol. The molecule has 47 heavy (non-hydrogen) atoms. The molecule has 9 nitrogen and oxygen atoms in total. The van der Waals surface area contributed by atoms with Crippen molar-refractivity contribution in [3.8, 4) is 23.0 Å². The highest BCUT2D eigenvalue weighted by Gasteiger charge is 2.48. The molecule has 0 saturated heterocycles. The maximum Gasteiger partial charge on any atom is 0.397 e. The highest BCUT2D eigenvalue weighted by molar-refractivity contribution is 8.00. The molecular formula is C33H41F4N7O2S. The molecule has 0 aliphatic rings. The van der Waals surface area contributed by atoms with Gasteiger partial charge in [-0.1, -0.05) is 43.2 Å². The number of rotatable bonds is 17. The van der Waals surface area contributed by atoms with Crippen LogP contribution >= 0.6 is 11.9 Å². The Morgan fingerprint density at radius 3 is 2.45 bits per heavy atom. The highest BCUT2D eigenvalue weighted by Crippen LogP contribution is 2.38. The minimum absolute atomic E-state index is 0.0235. The molecule has 3 N–H and O–H groups in total. The van der Waals surface area contributed by atoms with Crippen LogP contribution in [0.4, 0.5) is 23.4 Å². The second-order valence-corrected chi connectivity index (χ2v) is 13.3. The lowest BCUT2D eigenvalue weighted by atomic mass is 9.94. The van der Waals surface area contributed by atoms with Gasteiger partial charge in [-0.05, 0) is 71.2 Å². The first-order chi connectivity index (χ1) is 22.2. The minimum atomic E-state index is -4.44. The molecular weight excluding hydrogens is 634 g/mol. The third kappa shape index (κ3) is 10.9. The number of hydrogen-bond donors (Lipinski definition) is 3.